The number of hydrogen-bond acceptors (Lipinski definition) is 1. The fourth-order valence-electron chi connectivity index (χ4n) is 2.04. The Hall–Kier alpha value is -1.34. The van der Waals surface area contributed by atoms with E-state index in [4.69, 9.17) is 0 Å². The lowest BCUT2D eigenvalue weighted by molar-refractivity contribution is 0.754. The molecule has 1 heteroatoms. The predicted molar refractivity (Wildman–Crippen MR) is 59.1 cm³/mol. The molecule has 69 valence electrons. The predicted octanol–water partition coefficient (Wildman–Crippen LogP) is 2.50. The van der Waals surface area contributed by atoms with E-state index in [1.807, 2.05) is 0 Å². The molecule has 0 bridgehead atoms. The Kier molecular flexibility index (Phi) is 1.78. The lowest BCUT2D eigenvalue weighted by Gasteiger charge is -2.17. The van der Waals surface area contributed by atoms with E-state index in [9.17, 15) is 0 Å². The third kappa shape index (κ3) is 1.21. The molecule has 1 radical (unpaired) electrons. The molecule has 0 aromatic heterocycles. The third-order valence-electron chi connectivity index (χ3n) is 2.80. The van der Waals surface area contributed by atoms with Crippen LogP contribution in [0.2, 0.25) is 0 Å². The van der Waals surface area contributed by atoms with Crippen molar-refractivity contribution in [1.82, 2.24) is 5.32 Å². The molecule has 0 amide bonds. The molecule has 1 aliphatic heterocycles. The summed E-state index contributed by atoms with van der Waals surface area (Å²) < 4.78 is 0. The molecule has 0 unspecified atom stereocenters. The van der Waals surface area contributed by atoms with Gasteiger partial charge in [0, 0.05) is 0 Å². The first-order chi connectivity index (χ1) is 6.93. The molecule has 0 aliphatic carbocycles. The molecule has 0 atom stereocenters. The van der Waals surface area contributed by atoms with E-state index in [1.165, 1.54) is 21.9 Å². The van der Waals surface area contributed by atoms with E-state index in [0.29, 0.717) is 0 Å². The summed E-state index contributed by atoms with van der Waals surface area (Å²) in [5, 5.41) is 5.95. The van der Waals surface area contributed by atoms with Gasteiger partial charge in [-0.15, -0.1) is 0 Å². The van der Waals surface area contributed by atoms with Crippen LogP contribution in [-0.2, 0) is 6.42 Å². The average Bonchev–Trinajstić information content (AvgIpc) is 2.26. The van der Waals surface area contributed by atoms with E-state index in [-0.39, 0.29) is 0 Å². The number of benzene rings is 2. The van der Waals surface area contributed by atoms with Gasteiger partial charge < -0.3 is 5.32 Å². The van der Waals surface area contributed by atoms with E-state index >= 15 is 0 Å². The molecule has 0 fully saturated rings. The molecular formula is C13H12N. The maximum Gasteiger partial charge on any atom is 0.0521 e. The van der Waals surface area contributed by atoms with Crippen molar-refractivity contribution in [3.05, 3.63) is 54.1 Å². The highest BCUT2D eigenvalue weighted by atomic mass is 14.9. The number of rotatable bonds is 0. The Morgan fingerprint density at radius 3 is 2.64 bits per heavy atom. The van der Waals surface area contributed by atoms with Crippen LogP contribution < -0.4 is 5.32 Å². The van der Waals surface area contributed by atoms with Crippen LogP contribution in [0.15, 0.2) is 36.4 Å². The van der Waals surface area contributed by atoms with E-state index in [2.05, 4.69) is 48.3 Å². The molecular weight excluding hydrogens is 170 g/mol. The van der Waals surface area contributed by atoms with Gasteiger partial charge in [0.2, 0.25) is 0 Å². The SMILES string of the molecule is [CH]1NCCc2cc3ccccc3cc21. The number of hydrogen-bond donors (Lipinski definition) is 1. The molecule has 0 spiro atoms. The molecule has 1 N–H and O–H groups in total. The van der Waals surface area contributed by atoms with E-state index in [1.54, 1.807) is 0 Å². The summed E-state index contributed by atoms with van der Waals surface area (Å²) in [6, 6.07) is 13.1. The maximum absolute atomic E-state index is 3.28. The van der Waals surface area contributed by atoms with Gasteiger partial charge in [0.1, 0.15) is 0 Å². The van der Waals surface area contributed by atoms with Gasteiger partial charge in [-0.2, -0.15) is 0 Å². The highest BCUT2D eigenvalue weighted by Crippen LogP contribution is 2.22. The van der Waals surface area contributed by atoms with Gasteiger partial charge in [0.15, 0.2) is 0 Å². The highest BCUT2D eigenvalue weighted by Gasteiger charge is 2.09. The molecule has 0 saturated heterocycles. The van der Waals surface area contributed by atoms with Crippen LogP contribution in [0.4, 0.5) is 0 Å². The molecule has 2 aromatic carbocycles. The zero-order chi connectivity index (χ0) is 9.38. The highest BCUT2D eigenvalue weighted by molar-refractivity contribution is 5.84. The largest absolute Gasteiger partial charge is 0.308 e. The maximum atomic E-state index is 3.28. The fraction of sp³-hybridized carbons (Fsp3) is 0.154. The Bertz CT molecular complexity index is 429. The van der Waals surface area contributed by atoms with Crippen molar-refractivity contribution in [3.63, 3.8) is 0 Å². The van der Waals surface area contributed by atoms with Gasteiger partial charge in [-0.25, -0.2) is 0 Å². The third-order valence-corrected chi connectivity index (χ3v) is 2.80. The standard InChI is InChI=1S/C13H12N/c1-2-4-11-8-13-9-14-6-5-12(13)7-10(11)3-1/h1-4,7-9,14H,5-6H2. The summed E-state index contributed by atoms with van der Waals surface area (Å²) in [7, 11) is 0. The van der Waals surface area contributed by atoms with Gasteiger partial charge in [-0.1, -0.05) is 30.3 Å². The van der Waals surface area contributed by atoms with Gasteiger partial charge in [-0.3, -0.25) is 0 Å². The monoisotopic (exact) mass is 182 g/mol. The first-order valence-electron chi connectivity index (χ1n) is 5.02. The molecule has 14 heavy (non-hydrogen) atoms. The van der Waals surface area contributed by atoms with Crippen LogP contribution in [0.25, 0.3) is 10.8 Å². The van der Waals surface area contributed by atoms with Crippen molar-refractivity contribution in [1.29, 1.82) is 0 Å². The van der Waals surface area contributed by atoms with E-state index in [0.717, 1.165) is 13.0 Å². The summed E-state index contributed by atoms with van der Waals surface area (Å²) in [6.07, 6.45) is 1.14. The minimum atomic E-state index is 1.06. The molecule has 3 rings (SSSR count). The van der Waals surface area contributed by atoms with Crippen LogP contribution >= 0.6 is 0 Å². The second-order valence-corrected chi connectivity index (χ2v) is 3.75. The zero-order valence-electron chi connectivity index (χ0n) is 7.96. The Morgan fingerprint density at radius 2 is 1.79 bits per heavy atom. The Balaban J connectivity index is 2.27. The van der Waals surface area contributed by atoms with Crippen molar-refractivity contribution < 1.29 is 0 Å². The number of nitrogens with one attached hydrogen (secondary N) is 1. The quantitative estimate of drug-likeness (QED) is 0.660. The topological polar surface area (TPSA) is 12.0 Å². The Labute approximate surface area is 83.8 Å². The van der Waals surface area contributed by atoms with Crippen molar-refractivity contribution in [2.24, 2.45) is 0 Å². The smallest absolute Gasteiger partial charge is 0.0521 e. The van der Waals surface area contributed by atoms with Gasteiger partial charge in [-0.05, 0) is 40.9 Å². The minimum absolute atomic E-state index is 1.06. The van der Waals surface area contributed by atoms with Crippen LogP contribution in [0.1, 0.15) is 11.1 Å². The van der Waals surface area contributed by atoms with Crippen molar-refractivity contribution in [2.75, 3.05) is 6.54 Å². The Morgan fingerprint density at radius 1 is 1.00 bits per heavy atom. The van der Waals surface area contributed by atoms with Crippen molar-refractivity contribution in [3.8, 4) is 0 Å². The summed E-state index contributed by atoms with van der Waals surface area (Å²) in [5.41, 5.74) is 2.80. The van der Waals surface area contributed by atoms with Crippen LogP contribution in [-0.4, -0.2) is 6.54 Å². The van der Waals surface area contributed by atoms with Gasteiger partial charge >= 0.3 is 0 Å². The average molecular weight is 182 g/mol. The van der Waals surface area contributed by atoms with Crippen molar-refractivity contribution in [2.45, 2.75) is 6.42 Å². The second-order valence-electron chi connectivity index (χ2n) is 3.75. The normalized spacial score (nSPS) is 15.4. The molecule has 1 nitrogen and oxygen atoms in total. The molecule has 2 aromatic rings. The first-order valence-corrected chi connectivity index (χ1v) is 5.02. The summed E-state index contributed by atoms with van der Waals surface area (Å²) in [6.45, 7) is 3.18. The van der Waals surface area contributed by atoms with Crippen LogP contribution in [0.5, 0.6) is 0 Å². The lowest BCUT2D eigenvalue weighted by Crippen LogP contribution is -2.21. The molecule has 0 saturated carbocycles. The summed E-state index contributed by atoms with van der Waals surface area (Å²) in [5.74, 6) is 0. The van der Waals surface area contributed by atoms with E-state index < -0.39 is 0 Å². The fourth-order valence-corrected chi connectivity index (χ4v) is 2.04. The lowest BCUT2D eigenvalue weighted by atomic mass is 9.96. The summed E-state index contributed by atoms with van der Waals surface area (Å²) in [4.78, 5) is 0. The van der Waals surface area contributed by atoms with Crippen LogP contribution in [0, 0.1) is 6.54 Å². The second kappa shape index (κ2) is 3.10. The first kappa shape index (κ1) is 8.01. The summed E-state index contributed by atoms with van der Waals surface area (Å²) >= 11 is 0. The minimum Gasteiger partial charge on any atom is -0.308 e. The van der Waals surface area contributed by atoms with Crippen LogP contribution in [0.3, 0.4) is 0 Å². The zero-order valence-corrected chi connectivity index (χ0v) is 7.96. The number of fused-ring (bicyclic) bond motifs is 2. The van der Waals surface area contributed by atoms with Gasteiger partial charge in [0.25, 0.3) is 0 Å². The van der Waals surface area contributed by atoms with Gasteiger partial charge in [0.05, 0.1) is 6.54 Å². The molecule has 1 aliphatic rings. The van der Waals surface area contributed by atoms with Crippen molar-refractivity contribution >= 4 is 10.8 Å². The molecule has 1 heterocycles.